The Morgan fingerprint density at radius 1 is 1.04 bits per heavy atom. The Bertz CT molecular complexity index is 608. The van der Waals surface area contributed by atoms with E-state index in [0.29, 0.717) is 12.3 Å². The average Bonchev–Trinajstić information content (AvgIpc) is 2.52. The summed E-state index contributed by atoms with van der Waals surface area (Å²) in [6.07, 6.45) is 0. The predicted molar refractivity (Wildman–Crippen MR) is 102 cm³/mol. The molecule has 0 fully saturated rings. The molecule has 2 rings (SSSR count). The van der Waals surface area contributed by atoms with Crippen LogP contribution in [0.5, 0.6) is 0 Å². The quantitative estimate of drug-likeness (QED) is 0.566. The number of hydrogen-bond donors (Lipinski definition) is 1. The van der Waals surface area contributed by atoms with Crippen LogP contribution in [0, 0.1) is 13.8 Å². The summed E-state index contributed by atoms with van der Waals surface area (Å²) in [4.78, 5) is 13.1. The molecule has 2 aromatic rings. The molecule has 0 atom stereocenters. The highest BCUT2D eigenvalue weighted by Gasteiger charge is 2.03. The van der Waals surface area contributed by atoms with Gasteiger partial charge in [-0.1, -0.05) is 47.5 Å². The van der Waals surface area contributed by atoms with E-state index >= 15 is 0 Å². The first kappa shape index (κ1) is 18.0. The van der Waals surface area contributed by atoms with E-state index in [1.165, 1.54) is 21.6 Å². The fourth-order valence-corrected chi connectivity index (χ4v) is 3.92. The van der Waals surface area contributed by atoms with Gasteiger partial charge in [-0.2, -0.15) is 0 Å². The normalized spacial score (nSPS) is 10.5. The standard InChI is InChI=1S/C19H23NOS2/c1-15-10-16(2)12-17(11-15)13-22-14-19(21)20-8-9-23-18-6-4-3-5-7-18/h3-7,10-12H,8-9,13-14H2,1-2H3,(H,20,21). The molecule has 0 saturated heterocycles. The maximum atomic E-state index is 11.8. The smallest absolute Gasteiger partial charge is 0.230 e. The van der Waals surface area contributed by atoms with Gasteiger partial charge in [-0.3, -0.25) is 4.79 Å². The molecule has 1 N–H and O–H groups in total. The molecular weight excluding hydrogens is 322 g/mol. The highest BCUT2D eigenvalue weighted by atomic mass is 32.2. The minimum atomic E-state index is 0.119. The monoisotopic (exact) mass is 345 g/mol. The van der Waals surface area contributed by atoms with Crippen molar-refractivity contribution in [2.75, 3.05) is 18.1 Å². The van der Waals surface area contributed by atoms with E-state index in [1.807, 2.05) is 18.2 Å². The van der Waals surface area contributed by atoms with E-state index in [9.17, 15) is 4.79 Å². The van der Waals surface area contributed by atoms with Gasteiger partial charge in [0.25, 0.3) is 0 Å². The van der Waals surface area contributed by atoms with Crippen LogP contribution in [0.25, 0.3) is 0 Å². The summed E-state index contributed by atoms with van der Waals surface area (Å²) in [6.45, 7) is 4.93. The Morgan fingerprint density at radius 3 is 2.43 bits per heavy atom. The molecule has 0 unspecified atom stereocenters. The molecule has 0 radical (unpaired) electrons. The Hall–Kier alpha value is -1.39. The molecule has 0 heterocycles. The second-order valence-electron chi connectivity index (χ2n) is 5.50. The third kappa shape index (κ3) is 7.14. The molecule has 0 bridgehead atoms. The van der Waals surface area contributed by atoms with Gasteiger partial charge >= 0.3 is 0 Å². The number of thioether (sulfide) groups is 2. The summed E-state index contributed by atoms with van der Waals surface area (Å²) in [7, 11) is 0. The van der Waals surface area contributed by atoms with Crippen LogP contribution in [-0.2, 0) is 10.5 Å². The van der Waals surface area contributed by atoms with Crippen molar-refractivity contribution >= 4 is 29.4 Å². The van der Waals surface area contributed by atoms with Gasteiger partial charge in [0.2, 0.25) is 5.91 Å². The lowest BCUT2D eigenvalue weighted by Crippen LogP contribution is -2.27. The molecule has 2 nitrogen and oxygen atoms in total. The maximum absolute atomic E-state index is 11.8. The second-order valence-corrected chi connectivity index (χ2v) is 7.65. The first-order valence-electron chi connectivity index (χ1n) is 7.73. The molecule has 0 aliphatic carbocycles. The van der Waals surface area contributed by atoms with Crippen LogP contribution in [0.3, 0.4) is 0 Å². The molecule has 23 heavy (non-hydrogen) atoms. The topological polar surface area (TPSA) is 29.1 Å². The molecule has 122 valence electrons. The van der Waals surface area contributed by atoms with E-state index in [4.69, 9.17) is 0 Å². The first-order chi connectivity index (χ1) is 11.1. The third-order valence-electron chi connectivity index (χ3n) is 3.22. The Morgan fingerprint density at radius 2 is 1.74 bits per heavy atom. The number of amides is 1. The zero-order valence-corrected chi connectivity index (χ0v) is 15.3. The highest BCUT2D eigenvalue weighted by Crippen LogP contribution is 2.17. The van der Waals surface area contributed by atoms with Gasteiger partial charge in [-0.25, -0.2) is 0 Å². The molecule has 0 aliphatic heterocycles. The number of aryl methyl sites for hydroxylation is 2. The van der Waals surface area contributed by atoms with Crippen molar-refractivity contribution in [1.29, 1.82) is 0 Å². The molecule has 0 aromatic heterocycles. The van der Waals surface area contributed by atoms with Crippen LogP contribution in [0.2, 0.25) is 0 Å². The number of carbonyl (C=O) groups is 1. The van der Waals surface area contributed by atoms with E-state index in [0.717, 1.165) is 11.5 Å². The molecule has 4 heteroatoms. The second kappa shape index (κ2) is 9.68. The summed E-state index contributed by atoms with van der Waals surface area (Å²) in [6, 6.07) is 16.8. The Labute approximate surface area is 147 Å². The van der Waals surface area contributed by atoms with Gasteiger partial charge in [0.05, 0.1) is 5.75 Å². The third-order valence-corrected chi connectivity index (χ3v) is 5.24. The van der Waals surface area contributed by atoms with E-state index in [2.05, 4.69) is 49.5 Å². The van der Waals surface area contributed by atoms with Gasteiger partial charge in [0.15, 0.2) is 0 Å². The number of benzene rings is 2. The van der Waals surface area contributed by atoms with Gasteiger partial charge in [0, 0.05) is 22.9 Å². The van der Waals surface area contributed by atoms with Crippen molar-refractivity contribution in [3.8, 4) is 0 Å². The van der Waals surface area contributed by atoms with Crippen LogP contribution in [-0.4, -0.2) is 24.0 Å². The largest absolute Gasteiger partial charge is 0.355 e. The predicted octanol–water partition coefficient (Wildman–Crippen LogP) is 4.45. The zero-order chi connectivity index (χ0) is 16.5. The minimum Gasteiger partial charge on any atom is -0.355 e. The highest BCUT2D eigenvalue weighted by molar-refractivity contribution is 7.99. The van der Waals surface area contributed by atoms with Crippen LogP contribution >= 0.6 is 23.5 Å². The lowest BCUT2D eigenvalue weighted by atomic mass is 10.1. The molecule has 0 spiro atoms. The fraction of sp³-hybridized carbons (Fsp3) is 0.316. The van der Waals surface area contributed by atoms with Crippen molar-refractivity contribution < 1.29 is 4.79 Å². The van der Waals surface area contributed by atoms with Crippen LogP contribution in [0.1, 0.15) is 16.7 Å². The Kier molecular flexibility index (Phi) is 7.56. The van der Waals surface area contributed by atoms with Crippen molar-refractivity contribution in [3.63, 3.8) is 0 Å². The number of carbonyl (C=O) groups excluding carboxylic acids is 1. The molecule has 0 aliphatic rings. The Balaban J connectivity index is 1.60. The van der Waals surface area contributed by atoms with Crippen molar-refractivity contribution in [3.05, 3.63) is 65.2 Å². The van der Waals surface area contributed by atoms with Crippen LogP contribution in [0.4, 0.5) is 0 Å². The molecule has 1 amide bonds. The fourth-order valence-electron chi connectivity index (χ4n) is 2.34. The number of rotatable bonds is 8. The molecule has 0 saturated carbocycles. The lowest BCUT2D eigenvalue weighted by Gasteiger charge is -2.07. The lowest BCUT2D eigenvalue weighted by molar-refractivity contribution is -0.118. The number of nitrogens with one attached hydrogen (secondary N) is 1. The van der Waals surface area contributed by atoms with E-state index < -0.39 is 0 Å². The van der Waals surface area contributed by atoms with Crippen LogP contribution < -0.4 is 5.32 Å². The van der Waals surface area contributed by atoms with E-state index in [1.54, 1.807) is 23.5 Å². The SMILES string of the molecule is Cc1cc(C)cc(CSCC(=O)NCCSc2ccccc2)c1. The summed E-state index contributed by atoms with van der Waals surface area (Å²) in [5.41, 5.74) is 3.85. The maximum Gasteiger partial charge on any atom is 0.230 e. The van der Waals surface area contributed by atoms with Crippen molar-refractivity contribution in [2.24, 2.45) is 0 Å². The minimum absolute atomic E-state index is 0.119. The molecule has 2 aromatic carbocycles. The zero-order valence-electron chi connectivity index (χ0n) is 13.7. The van der Waals surface area contributed by atoms with Gasteiger partial charge < -0.3 is 5.32 Å². The summed E-state index contributed by atoms with van der Waals surface area (Å²) >= 11 is 3.43. The van der Waals surface area contributed by atoms with Gasteiger partial charge in [-0.15, -0.1) is 23.5 Å². The average molecular weight is 346 g/mol. The first-order valence-corrected chi connectivity index (χ1v) is 9.87. The number of hydrogen-bond acceptors (Lipinski definition) is 3. The van der Waals surface area contributed by atoms with Crippen LogP contribution in [0.15, 0.2) is 53.4 Å². The van der Waals surface area contributed by atoms with Gasteiger partial charge in [0.1, 0.15) is 0 Å². The summed E-state index contributed by atoms with van der Waals surface area (Å²) in [5.74, 6) is 2.42. The van der Waals surface area contributed by atoms with Crippen molar-refractivity contribution in [1.82, 2.24) is 5.32 Å². The van der Waals surface area contributed by atoms with E-state index in [-0.39, 0.29) is 5.91 Å². The molecular formula is C19H23NOS2. The van der Waals surface area contributed by atoms with Crippen molar-refractivity contribution in [2.45, 2.75) is 24.5 Å². The van der Waals surface area contributed by atoms with Gasteiger partial charge in [-0.05, 0) is 31.5 Å². The summed E-state index contributed by atoms with van der Waals surface area (Å²) in [5, 5.41) is 2.98. The summed E-state index contributed by atoms with van der Waals surface area (Å²) < 4.78 is 0.